The summed E-state index contributed by atoms with van der Waals surface area (Å²) >= 11 is 0. The van der Waals surface area contributed by atoms with Crippen LogP contribution in [0.5, 0.6) is 5.88 Å². The molecule has 1 unspecified atom stereocenters. The fourth-order valence-corrected chi connectivity index (χ4v) is 1.97. The monoisotopic (exact) mass is 286 g/mol. The maximum atomic E-state index is 12.2. The third-order valence-corrected chi connectivity index (χ3v) is 3.20. The van der Waals surface area contributed by atoms with E-state index in [2.05, 4.69) is 10.3 Å². The van der Waals surface area contributed by atoms with Crippen LogP contribution in [0.3, 0.4) is 0 Å². The summed E-state index contributed by atoms with van der Waals surface area (Å²) in [4.78, 5) is 16.1. The van der Waals surface area contributed by atoms with Gasteiger partial charge in [-0.25, -0.2) is 4.98 Å². The molecule has 0 aliphatic carbocycles. The Morgan fingerprint density at radius 3 is 2.67 bits per heavy atom. The number of hydrogen-bond donors (Lipinski definition) is 2. The van der Waals surface area contributed by atoms with Crippen molar-refractivity contribution < 1.29 is 14.6 Å². The number of rotatable bonds is 5. The van der Waals surface area contributed by atoms with Crippen LogP contribution < -0.4 is 10.1 Å². The van der Waals surface area contributed by atoms with E-state index >= 15 is 0 Å². The molecule has 0 aliphatic rings. The molecular weight excluding hydrogens is 268 g/mol. The number of aromatic nitrogens is 1. The Balaban J connectivity index is 2.07. The van der Waals surface area contributed by atoms with Gasteiger partial charge in [-0.1, -0.05) is 30.3 Å². The van der Waals surface area contributed by atoms with E-state index in [1.54, 1.807) is 25.3 Å². The van der Waals surface area contributed by atoms with Crippen molar-refractivity contribution in [2.45, 2.75) is 12.5 Å². The number of nitrogens with one attached hydrogen (secondary N) is 1. The summed E-state index contributed by atoms with van der Waals surface area (Å²) in [7, 11) is 1.46. The van der Waals surface area contributed by atoms with Gasteiger partial charge in [0.1, 0.15) is 11.2 Å². The maximum absolute atomic E-state index is 12.2. The topological polar surface area (TPSA) is 71.5 Å². The lowest BCUT2D eigenvalue weighted by Gasteiger charge is -2.24. The lowest BCUT2D eigenvalue weighted by molar-refractivity contribution is 0.0525. The first-order valence-corrected chi connectivity index (χ1v) is 6.60. The average molecular weight is 286 g/mol. The first kappa shape index (κ1) is 15.0. The van der Waals surface area contributed by atoms with Gasteiger partial charge in [0.05, 0.1) is 13.7 Å². The summed E-state index contributed by atoms with van der Waals surface area (Å²) < 4.78 is 5.05. The number of aliphatic hydroxyl groups is 1. The van der Waals surface area contributed by atoms with Gasteiger partial charge in [-0.05, 0) is 24.6 Å². The molecule has 0 saturated carbocycles. The molecule has 5 heteroatoms. The van der Waals surface area contributed by atoms with Crippen LogP contribution in [0.25, 0.3) is 0 Å². The third-order valence-electron chi connectivity index (χ3n) is 3.20. The van der Waals surface area contributed by atoms with Crippen LogP contribution in [0.4, 0.5) is 0 Å². The van der Waals surface area contributed by atoms with Crippen molar-refractivity contribution in [3.05, 3.63) is 59.8 Å². The standard InChI is InChI=1S/C16H18N2O3/c1-16(20,12-7-4-3-5-8-12)11-18-14(19)13-9-6-10-17-15(13)21-2/h3-10,20H,11H2,1-2H3,(H,18,19). The number of amides is 1. The van der Waals surface area contributed by atoms with Crippen LogP contribution in [0.15, 0.2) is 48.7 Å². The molecule has 2 rings (SSSR count). The molecule has 21 heavy (non-hydrogen) atoms. The van der Waals surface area contributed by atoms with Gasteiger partial charge in [0.2, 0.25) is 5.88 Å². The molecule has 1 aromatic heterocycles. The minimum Gasteiger partial charge on any atom is -0.480 e. The fourth-order valence-electron chi connectivity index (χ4n) is 1.97. The van der Waals surface area contributed by atoms with Crippen LogP contribution in [0, 0.1) is 0 Å². The zero-order valence-corrected chi connectivity index (χ0v) is 12.0. The largest absolute Gasteiger partial charge is 0.480 e. The quantitative estimate of drug-likeness (QED) is 0.878. The Morgan fingerprint density at radius 1 is 1.29 bits per heavy atom. The number of hydrogen-bond acceptors (Lipinski definition) is 4. The molecule has 0 fully saturated rings. The Kier molecular flexibility index (Phi) is 4.55. The molecular formula is C16H18N2O3. The molecule has 0 bridgehead atoms. The highest BCUT2D eigenvalue weighted by molar-refractivity contribution is 5.96. The van der Waals surface area contributed by atoms with Crippen molar-refractivity contribution in [3.8, 4) is 5.88 Å². The predicted molar refractivity (Wildman–Crippen MR) is 79.1 cm³/mol. The van der Waals surface area contributed by atoms with Gasteiger partial charge in [0, 0.05) is 6.20 Å². The molecule has 5 nitrogen and oxygen atoms in total. The minimum absolute atomic E-state index is 0.0912. The number of carbonyl (C=O) groups excluding carboxylic acids is 1. The van der Waals surface area contributed by atoms with Gasteiger partial charge in [0.15, 0.2) is 0 Å². The molecule has 2 N–H and O–H groups in total. The number of methoxy groups -OCH3 is 1. The first-order chi connectivity index (χ1) is 10.0. The van der Waals surface area contributed by atoms with Crippen LogP contribution in [-0.2, 0) is 5.60 Å². The van der Waals surface area contributed by atoms with E-state index in [1.807, 2.05) is 30.3 Å². The average Bonchev–Trinajstić information content (AvgIpc) is 2.53. The van der Waals surface area contributed by atoms with Gasteiger partial charge in [-0.2, -0.15) is 0 Å². The summed E-state index contributed by atoms with van der Waals surface area (Å²) in [5.74, 6) is -0.0782. The molecule has 1 aromatic carbocycles. The van der Waals surface area contributed by atoms with Crippen LogP contribution in [-0.4, -0.2) is 29.7 Å². The minimum atomic E-state index is -1.15. The predicted octanol–water partition coefficient (Wildman–Crippen LogP) is 1.73. The molecule has 0 radical (unpaired) electrons. The van der Waals surface area contributed by atoms with Crippen molar-refractivity contribution in [1.29, 1.82) is 0 Å². The van der Waals surface area contributed by atoms with Crippen molar-refractivity contribution in [1.82, 2.24) is 10.3 Å². The zero-order valence-electron chi connectivity index (χ0n) is 12.0. The molecule has 110 valence electrons. The Bertz CT molecular complexity index is 612. The van der Waals surface area contributed by atoms with Crippen molar-refractivity contribution in [3.63, 3.8) is 0 Å². The van der Waals surface area contributed by atoms with Crippen molar-refractivity contribution in [2.24, 2.45) is 0 Å². The zero-order chi connectivity index (χ0) is 15.3. The molecule has 1 amide bonds. The van der Waals surface area contributed by atoms with Crippen LogP contribution in [0.2, 0.25) is 0 Å². The molecule has 2 aromatic rings. The van der Waals surface area contributed by atoms with Gasteiger partial charge in [-0.3, -0.25) is 4.79 Å². The number of ether oxygens (including phenoxy) is 1. The van der Waals surface area contributed by atoms with E-state index in [0.717, 1.165) is 5.56 Å². The van der Waals surface area contributed by atoms with Crippen molar-refractivity contribution in [2.75, 3.05) is 13.7 Å². The Morgan fingerprint density at radius 2 is 2.00 bits per heavy atom. The highest BCUT2D eigenvalue weighted by Gasteiger charge is 2.24. The number of benzene rings is 1. The second-order valence-corrected chi connectivity index (χ2v) is 4.88. The molecule has 1 atom stereocenters. The highest BCUT2D eigenvalue weighted by atomic mass is 16.5. The molecule has 0 saturated heterocycles. The highest BCUT2D eigenvalue weighted by Crippen LogP contribution is 2.20. The van der Waals surface area contributed by atoms with Gasteiger partial charge < -0.3 is 15.2 Å². The van der Waals surface area contributed by atoms with E-state index < -0.39 is 5.60 Å². The smallest absolute Gasteiger partial charge is 0.256 e. The van der Waals surface area contributed by atoms with Gasteiger partial charge >= 0.3 is 0 Å². The van der Waals surface area contributed by atoms with E-state index in [9.17, 15) is 9.90 Å². The lowest BCUT2D eigenvalue weighted by atomic mass is 9.96. The SMILES string of the molecule is COc1ncccc1C(=O)NCC(C)(O)c1ccccc1. The van der Waals surface area contributed by atoms with E-state index in [1.165, 1.54) is 7.11 Å². The fraction of sp³-hybridized carbons (Fsp3) is 0.250. The van der Waals surface area contributed by atoms with Gasteiger partial charge in [-0.15, -0.1) is 0 Å². The first-order valence-electron chi connectivity index (χ1n) is 6.60. The Hall–Kier alpha value is -2.40. The lowest BCUT2D eigenvalue weighted by Crippen LogP contribution is -2.38. The number of nitrogens with zero attached hydrogens (tertiary/aromatic N) is 1. The normalized spacial score (nSPS) is 13.3. The molecule has 1 heterocycles. The van der Waals surface area contributed by atoms with Crippen molar-refractivity contribution >= 4 is 5.91 Å². The summed E-state index contributed by atoms with van der Waals surface area (Å²) in [6, 6.07) is 12.5. The van der Waals surface area contributed by atoms with Crippen LogP contribution in [0.1, 0.15) is 22.8 Å². The summed E-state index contributed by atoms with van der Waals surface area (Å²) in [6.07, 6.45) is 1.55. The third kappa shape index (κ3) is 3.58. The second kappa shape index (κ2) is 6.37. The van der Waals surface area contributed by atoms with E-state index in [4.69, 9.17) is 4.74 Å². The maximum Gasteiger partial charge on any atom is 0.256 e. The second-order valence-electron chi connectivity index (χ2n) is 4.88. The molecule has 0 spiro atoms. The number of pyridine rings is 1. The van der Waals surface area contributed by atoms with Crippen LogP contribution >= 0.6 is 0 Å². The number of carbonyl (C=O) groups is 1. The van der Waals surface area contributed by atoms with E-state index in [-0.39, 0.29) is 18.3 Å². The Labute approximate surface area is 123 Å². The van der Waals surface area contributed by atoms with Gasteiger partial charge in [0.25, 0.3) is 5.91 Å². The molecule has 0 aliphatic heterocycles. The summed E-state index contributed by atoms with van der Waals surface area (Å²) in [5.41, 5.74) is -0.0702. The van der Waals surface area contributed by atoms with E-state index in [0.29, 0.717) is 5.56 Å². The summed E-state index contributed by atoms with van der Waals surface area (Å²) in [6.45, 7) is 1.75. The summed E-state index contributed by atoms with van der Waals surface area (Å²) in [5, 5.41) is 13.1.